The predicted molar refractivity (Wildman–Crippen MR) is 94.7 cm³/mol. The summed E-state index contributed by atoms with van der Waals surface area (Å²) in [5.74, 6) is 0.308. The molecule has 1 saturated carbocycles. The number of amides is 2. The van der Waals surface area contributed by atoms with Gasteiger partial charge in [0, 0.05) is 12.6 Å². The zero-order chi connectivity index (χ0) is 17.5. The second-order valence-electron chi connectivity index (χ2n) is 6.71. The molecule has 5 heteroatoms. The van der Waals surface area contributed by atoms with Crippen LogP contribution in [-0.2, 0) is 14.3 Å². The van der Waals surface area contributed by atoms with Gasteiger partial charge in [-0.05, 0) is 43.4 Å². The molecule has 0 aromatic heterocycles. The standard InChI is InChI=1S/C19H28N2O3/c1-13-7-4-5-10-18(13)24-12-19(23)20-14(2)16-8-6-9-17(11-16)21-15(3)22/h6,8-9,11,13-14,18H,4-5,7,10,12H2,1-3H3,(H,20,23)(H,21,22)/t13-,14-,18+/m0/s1. The van der Waals surface area contributed by atoms with Gasteiger partial charge in [0.2, 0.25) is 11.8 Å². The van der Waals surface area contributed by atoms with E-state index in [4.69, 9.17) is 4.74 Å². The number of carbonyl (C=O) groups excluding carboxylic acids is 2. The van der Waals surface area contributed by atoms with Crippen molar-refractivity contribution in [3.05, 3.63) is 29.8 Å². The Morgan fingerprint density at radius 1 is 1.29 bits per heavy atom. The minimum atomic E-state index is -0.140. The summed E-state index contributed by atoms with van der Waals surface area (Å²) in [7, 11) is 0. The molecule has 1 aliphatic rings. The third-order valence-electron chi connectivity index (χ3n) is 4.55. The van der Waals surface area contributed by atoms with Crippen LogP contribution < -0.4 is 10.6 Å². The van der Waals surface area contributed by atoms with Crippen molar-refractivity contribution < 1.29 is 14.3 Å². The lowest BCUT2D eigenvalue weighted by atomic mass is 9.88. The lowest BCUT2D eigenvalue weighted by Crippen LogP contribution is -2.34. The molecule has 1 fully saturated rings. The fourth-order valence-electron chi connectivity index (χ4n) is 3.17. The van der Waals surface area contributed by atoms with Gasteiger partial charge in [0.25, 0.3) is 0 Å². The number of ether oxygens (including phenoxy) is 1. The van der Waals surface area contributed by atoms with Crippen molar-refractivity contribution in [1.82, 2.24) is 5.32 Å². The average molecular weight is 332 g/mol. The van der Waals surface area contributed by atoms with Gasteiger partial charge in [-0.1, -0.05) is 31.9 Å². The Morgan fingerprint density at radius 3 is 2.75 bits per heavy atom. The highest BCUT2D eigenvalue weighted by Crippen LogP contribution is 2.26. The molecule has 24 heavy (non-hydrogen) atoms. The summed E-state index contributed by atoms with van der Waals surface area (Å²) in [5, 5.41) is 5.70. The van der Waals surface area contributed by atoms with Crippen molar-refractivity contribution >= 4 is 17.5 Å². The Hall–Kier alpha value is -1.88. The van der Waals surface area contributed by atoms with E-state index < -0.39 is 0 Å². The van der Waals surface area contributed by atoms with Gasteiger partial charge >= 0.3 is 0 Å². The third-order valence-corrected chi connectivity index (χ3v) is 4.55. The highest BCUT2D eigenvalue weighted by atomic mass is 16.5. The van der Waals surface area contributed by atoms with Crippen LogP contribution in [0.15, 0.2) is 24.3 Å². The molecule has 0 aliphatic heterocycles. The summed E-state index contributed by atoms with van der Waals surface area (Å²) in [4.78, 5) is 23.3. The largest absolute Gasteiger partial charge is 0.368 e. The molecule has 0 heterocycles. The van der Waals surface area contributed by atoms with Crippen LogP contribution in [0.25, 0.3) is 0 Å². The lowest BCUT2D eigenvalue weighted by molar-refractivity contribution is -0.130. The van der Waals surface area contributed by atoms with Crippen molar-refractivity contribution in [3.8, 4) is 0 Å². The van der Waals surface area contributed by atoms with Crippen LogP contribution in [0.2, 0.25) is 0 Å². The number of benzene rings is 1. The number of nitrogens with one attached hydrogen (secondary N) is 2. The first-order valence-electron chi connectivity index (χ1n) is 8.74. The van der Waals surface area contributed by atoms with Crippen molar-refractivity contribution in [2.75, 3.05) is 11.9 Å². The van der Waals surface area contributed by atoms with Gasteiger partial charge in [-0.25, -0.2) is 0 Å². The first-order chi connectivity index (χ1) is 11.5. The molecule has 0 spiro atoms. The smallest absolute Gasteiger partial charge is 0.246 e. The molecule has 0 saturated heterocycles. The van der Waals surface area contributed by atoms with Gasteiger partial charge in [0.15, 0.2) is 0 Å². The highest BCUT2D eigenvalue weighted by molar-refractivity contribution is 5.88. The van der Waals surface area contributed by atoms with E-state index >= 15 is 0 Å². The van der Waals surface area contributed by atoms with E-state index in [1.165, 1.54) is 26.2 Å². The molecule has 2 amide bonds. The maximum absolute atomic E-state index is 12.1. The van der Waals surface area contributed by atoms with Crippen molar-refractivity contribution in [2.24, 2.45) is 5.92 Å². The molecule has 1 aliphatic carbocycles. The van der Waals surface area contributed by atoms with E-state index in [-0.39, 0.29) is 30.6 Å². The summed E-state index contributed by atoms with van der Waals surface area (Å²) >= 11 is 0. The number of rotatable bonds is 6. The van der Waals surface area contributed by atoms with E-state index in [9.17, 15) is 9.59 Å². The molecule has 132 valence electrons. The predicted octanol–water partition coefficient (Wildman–Crippen LogP) is 3.42. The van der Waals surface area contributed by atoms with Crippen LogP contribution in [0.4, 0.5) is 5.69 Å². The highest BCUT2D eigenvalue weighted by Gasteiger charge is 2.22. The fourth-order valence-corrected chi connectivity index (χ4v) is 3.17. The topological polar surface area (TPSA) is 67.4 Å². The average Bonchev–Trinajstić information content (AvgIpc) is 2.53. The van der Waals surface area contributed by atoms with E-state index in [0.29, 0.717) is 5.92 Å². The molecule has 0 radical (unpaired) electrons. The Balaban J connectivity index is 1.83. The van der Waals surface area contributed by atoms with E-state index in [0.717, 1.165) is 17.7 Å². The molecule has 1 aromatic rings. The number of hydrogen-bond acceptors (Lipinski definition) is 3. The Bertz CT molecular complexity index is 573. The minimum Gasteiger partial charge on any atom is -0.368 e. The van der Waals surface area contributed by atoms with Crippen LogP contribution in [0, 0.1) is 5.92 Å². The second-order valence-corrected chi connectivity index (χ2v) is 6.71. The zero-order valence-corrected chi connectivity index (χ0v) is 14.8. The Kier molecular flexibility index (Phi) is 6.79. The summed E-state index contributed by atoms with van der Waals surface area (Å²) in [5.41, 5.74) is 1.68. The molecule has 5 nitrogen and oxygen atoms in total. The summed E-state index contributed by atoms with van der Waals surface area (Å²) < 4.78 is 5.80. The normalized spacial score (nSPS) is 21.8. The monoisotopic (exact) mass is 332 g/mol. The minimum absolute atomic E-state index is 0.102. The Morgan fingerprint density at radius 2 is 2.04 bits per heavy atom. The van der Waals surface area contributed by atoms with Crippen LogP contribution >= 0.6 is 0 Å². The summed E-state index contributed by atoms with van der Waals surface area (Å²) in [6, 6.07) is 7.35. The summed E-state index contributed by atoms with van der Waals surface area (Å²) in [6.07, 6.45) is 4.86. The number of anilines is 1. The SMILES string of the molecule is CC(=O)Nc1cccc([C@H](C)NC(=O)CO[C@@H]2CCCC[C@@H]2C)c1. The van der Waals surface area contributed by atoms with Crippen LogP contribution in [-0.4, -0.2) is 24.5 Å². The molecule has 0 bridgehead atoms. The molecule has 3 atom stereocenters. The van der Waals surface area contributed by atoms with E-state index in [1.807, 2.05) is 31.2 Å². The van der Waals surface area contributed by atoms with Crippen molar-refractivity contribution in [3.63, 3.8) is 0 Å². The second kappa shape index (κ2) is 8.83. The first-order valence-corrected chi connectivity index (χ1v) is 8.74. The molecule has 2 N–H and O–H groups in total. The van der Waals surface area contributed by atoms with Crippen molar-refractivity contribution in [2.45, 2.75) is 58.6 Å². The molecule has 0 unspecified atom stereocenters. The fraction of sp³-hybridized carbons (Fsp3) is 0.579. The van der Waals surface area contributed by atoms with Gasteiger partial charge in [0.1, 0.15) is 6.61 Å². The molecule has 2 rings (SSSR count). The summed E-state index contributed by atoms with van der Waals surface area (Å²) in [6.45, 7) is 5.69. The van der Waals surface area contributed by atoms with Gasteiger partial charge in [-0.3, -0.25) is 9.59 Å². The maximum Gasteiger partial charge on any atom is 0.246 e. The lowest BCUT2D eigenvalue weighted by Gasteiger charge is -2.28. The van der Waals surface area contributed by atoms with E-state index in [1.54, 1.807) is 0 Å². The maximum atomic E-state index is 12.1. The van der Waals surface area contributed by atoms with E-state index in [2.05, 4.69) is 17.6 Å². The third kappa shape index (κ3) is 5.64. The van der Waals surface area contributed by atoms with Crippen LogP contribution in [0.5, 0.6) is 0 Å². The van der Waals surface area contributed by atoms with Crippen molar-refractivity contribution in [1.29, 1.82) is 0 Å². The zero-order valence-electron chi connectivity index (χ0n) is 14.8. The Labute approximate surface area is 144 Å². The number of carbonyl (C=O) groups is 2. The van der Waals surface area contributed by atoms with Crippen LogP contribution in [0.1, 0.15) is 58.1 Å². The van der Waals surface area contributed by atoms with Gasteiger partial charge in [-0.15, -0.1) is 0 Å². The van der Waals surface area contributed by atoms with Gasteiger partial charge in [-0.2, -0.15) is 0 Å². The molecule has 1 aromatic carbocycles. The molecular weight excluding hydrogens is 304 g/mol. The quantitative estimate of drug-likeness (QED) is 0.839. The number of hydrogen-bond donors (Lipinski definition) is 2. The molecular formula is C19H28N2O3. The van der Waals surface area contributed by atoms with Gasteiger partial charge < -0.3 is 15.4 Å². The van der Waals surface area contributed by atoms with Crippen LogP contribution in [0.3, 0.4) is 0 Å². The van der Waals surface area contributed by atoms with Gasteiger partial charge in [0.05, 0.1) is 12.1 Å². The first kappa shape index (κ1) is 18.5.